The van der Waals surface area contributed by atoms with Crippen LogP contribution in [0.15, 0.2) is 36.4 Å². The molecule has 2 aromatic rings. The maximum absolute atomic E-state index is 13.0. The predicted molar refractivity (Wildman–Crippen MR) is 111 cm³/mol. The van der Waals surface area contributed by atoms with Gasteiger partial charge in [0.05, 0.1) is 0 Å². The van der Waals surface area contributed by atoms with E-state index in [0.717, 1.165) is 27.8 Å². The smallest absolute Gasteiger partial charge is 0.261 e. The Kier molecular flexibility index (Phi) is 7.21. The number of hydrogen-bond donors (Lipinski definition) is 1. The summed E-state index contributed by atoms with van der Waals surface area (Å²) in [6.45, 7) is 9.97. The molecule has 1 atom stereocenters. The highest BCUT2D eigenvalue weighted by molar-refractivity contribution is 5.87. The van der Waals surface area contributed by atoms with Crippen LogP contribution >= 0.6 is 0 Å². The van der Waals surface area contributed by atoms with Crippen LogP contribution in [0.1, 0.15) is 34.7 Å². The van der Waals surface area contributed by atoms with E-state index in [1.807, 2.05) is 58.0 Å². The number of nitrogens with one attached hydrogen (secondary N) is 1. The van der Waals surface area contributed by atoms with E-state index >= 15 is 0 Å². The molecule has 150 valence electrons. The van der Waals surface area contributed by atoms with Crippen molar-refractivity contribution in [2.75, 3.05) is 13.7 Å². The Balaban J connectivity index is 2.20. The van der Waals surface area contributed by atoms with Gasteiger partial charge in [-0.15, -0.1) is 0 Å². The van der Waals surface area contributed by atoms with Crippen molar-refractivity contribution in [3.05, 3.63) is 64.2 Å². The largest absolute Gasteiger partial charge is 0.483 e. The minimum atomic E-state index is -0.595. The summed E-state index contributed by atoms with van der Waals surface area (Å²) in [5, 5.41) is 2.62. The van der Waals surface area contributed by atoms with Gasteiger partial charge in [-0.3, -0.25) is 9.59 Å². The molecule has 28 heavy (non-hydrogen) atoms. The molecule has 0 unspecified atom stereocenters. The summed E-state index contributed by atoms with van der Waals surface area (Å²) in [6, 6.07) is 11.4. The Morgan fingerprint density at radius 3 is 2.43 bits per heavy atom. The molecule has 0 heterocycles. The first-order chi connectivity index (χ1) is 13.2. The van der Waals surface area contributed by atoms with Crippen molar-refractivity contribution in [1.29, 1.82) is 0 Å². The van der Waals surface area contributed by atoms with Gasteiger partial charge in [-0.2, -0.15) is 0 Å². The quantitative estimate of drug-likeness (QED) is 0.798. The van der Waals surface area contributed by atoms with Crippen LogP contribution in [-0.2, 0) is 16.1 Å². The fourth-order valence-electron chi connectivity index (χ4n) is 3.17. The monoisotopic (exact) mass is 382 g/mol. The molecule has 1 N–H and O–H groups in total. The van der Waals surface area contributed by atoms with Crippen molar-refractivity contribution in [3.8, 4) is 5.75 Å². The van der Waals surface area contributed by atoms with E-state index < -0.39 is 6.04 Å². The zero-order valence-electron chi connectivity index (χ0n) is 17.6. The summed E-state index contributed by atoms with van der Waals surface area (Å²) < 4.78 is 5.84. The number of ether oxygens (including phenoxy) is 1. The Morgan fingerprint density at radius 2 is 1.79 bits per heavy atom. The zero-order valence-corrected chi connectivity index (χ0v) is 17.6. The highest BCUT2D eigenvalue weighted by atomic mass is 16.5. The summed E-state index contributed by atoms with van der Waals surface area (Å²) in [4.78, 5) is 26.7. The zero-order chi connectivity index (χ0) is 20.8. The molecule has 0 saturated carbocycles. The predicted octanol–water partition coefficient (Wildman–Crippen LogP) is 3.46. The molecule has 5 heteroatoms. The molecule has 0 saturated heterocycles. The molecule has 0 aliphatic carbocycles. The van der Waals surface area contributed by atoms with Crippen LogP contribution in [0.25, 0.3) is 0 Å². The van der Waals surface area contributed by atoms with Crippen molar-refractivity contribution in [3.63, 3.8) is 0 Å². The second-order valence-electron chi connectivity index (χ2n) is 7.29. The summed E-state index contributed by atoms with van der Waals surface area (Å²) in [6.07, 6.45) is 0. The lowest BCUT2D eigenvalue weighted by atomic mass is 10.1. The van der Waals surface area contributed by atoms with Gasteiger partial charge in [0, 0.05) is 13.6 Å². The third-order valence-electron chi connectivity index (χ3n) is 4.96. The molecule has 0 fully saturated rings. The van der Waals surface area contributed by atoms with Crippen LogP contribution in [0.3, 0.4) is 0 Å². The van der Waals surface area contributed by atoms with E-state index in [2.05, 4.69) is 11.4 Å². The molecule has 0 aromatic heterocycles. The van der Waals surface area contributed by atoms with Crippen molar-refractivity contribution in [2.24, 2.45) is 0 Å². The van der Waals surface area contributed by atoms with Gasteiger partial charge in [0.2, 0.25) is 5.91 Å². The number of hydrogen-bond acceptors (Lipinski definition) is 3. The number of benzene rings is 2. The third kappa shape index (κ3) is 5.35. The van der Waals surface area contributed by atoms with Gasteiger partial charge in [0.15, 0.2) is 6.61 Å². The molecule has 2 rings (SSSR count). The first-order valence-corrected chi connectivity index (χ1v) is 9.50. The topological polar surface area (TPSA) is 58.6 Å². The normalized spacial score (nSPS) is 11.6. The van der Waals surface area contributed by atoms with Crippen molar-refractivity contribution >= 4 is 11.8 Å². The van der Waals surface area contributed by atoms with Crippen LogP contribution in [0.4, 0.5) is 0 Å². The van der Waals surface area contributed by atoms with Crippen LogP contribution in [-0.4, -0.2) is 36.4 Å². The molecular formula is C23H30N2O3. The lowest BCUT2D eigenvalue weighted by Crippen LogP contribution is -2.48. The maximum atomic E-state index is 13.0. The lowest BCUT2D eigenvalue weighted by molar-refractivity contribution is -0.142. The molecule has 5 nitrogen and oxygen atoms in total. The number of carbonyl (C=O) groups excluding carboxylic acids is 2. The summed E-state index contributed by atoms with van der Waals surface area (Å²) >= 11 is 0. The van der Waals surface area contributed by atoms with Gasteiger partial charge < -0.3 is 15.0 Å². The number of amides is 2. The standard InChI is InChI=1S/C23H30N2O3/c1-15-8-7-9-20(11-15)13-25(19(5)23(27)24-6)22(26)14-28-21-12-16(2)10-17(3)18(21)4/h7-12,19H,13-14H2,1-6H3,(H,24,27)/t19-/m1/s1. The molecular weight excluding hydrogens is 352 g/mol. The number of carbonyl (C=O) groups is 2. The maximum Gasteiger partial charge on any atom is 0.261 e. The Bertz CT molecular complexity index is 861. The number of likely N-dealkylation sites (N-methyl/N-ethyl adjacent to an activating group) is 1. The van der Waals surface area contributed by atoms with E-state index in [1.165, 1.54) is 0 Å². The van der Waals surface area contributed by atoms with Crippen LogP contribution < -0.4 is 10.1 Å². The van der Waals surface area contributed by atoms with Crippen LogP contribution in [0.5, 0.6) is 5.75 Å². The van der Waals surface area contributed by atoms with Gasteiger partial charge in [0.25, 0.3) is 5.91 Å². The van der Waals surface area contributed by atoms with E-state index in [0.29, 0.717) is 12.3 Å². The molecule has 0 spiro atoms. The van der Waals surface area contributed by atoms with Gasteiger partial charge in [-0.25, -0.2) is 0 Å². The number of aryl methyl sites for hydroxylation is 3. The lowest BCUT2D eigenvalue weighted by Gasteiger charge is -2.28. The second kappa shape index (κ2) is 9.40. The Labute approximate surface area is 167 Å². The van der Waals surface area contributed by atoms with E-state index in [1.54, 1.807) is 18.9 Å². The van der Waals surface area contributed by atoms with E-state index in [4.69, 9.17) is 4.74 Å². The minimum Gasteiger partial charge on any atom is -0.483 e. The van der Waals surface area contributed by atoms with Crippen molar-refractivity contribution < 1.29 is 14.3 Å². The van der Waals surface area contributed by atoms with Gasteiger partial charge in [-0.05, 0) is 62.9 Å². The molecule has 0 aliphatic heterocycles. The summed E-state index contributed by atoms with van der Waals surface area (Å²) in [5.74, 6) is 0.272. The Hall–Kier alpha value is -2.82. The van der Waals surface area contributed by atoms with Gasteiger partial charge in [-0.1, -0.05) is 35.9 Å². The first-order valence-electron chi connectivity index (χ1n) is 9.50. The second-order valence-corrected chi connectivity index (χ2v) is 7.29. The molecule has 2 amide bonds. The van der Waals surface area contributed by atoms with E-state index in [-0.39, 0.29) is 18.4 Å². The average molecular weight is 383 g/mol. The van der Waals surface area contributed by atoms with E-state index in [9.17, 15) is 9.59 Å². The van der Waals surface area contributed by atoms with Crippen LogP contribution in [0.2, 0.25) is 0 Å². The number of nitrogens with zero attached hydrogens (tertiary/aromatic N) is 1. The minimum absolute atomic E-state index is 0.114. The highest BCUT2D eigenvalue weighted by Gasteiger charge is 2.26. The molecule has 0 radical (unpaired) electrons. The molecule has 0 aliphatic rings. The Morgan fingerprint density at radius 1 is 1.07 bits per heavy atom. The number of rotatable bonds is 7. The van der Waals surface area contributed by atoms with Crippen molar-refractivity contribution in [1.82, 2.24) is 10.2 Å². The fourth-order valence-corrected chi connectivity index (χ4v) is 3.17. The SMILES string of the molecule is CNC(=O)[C@@H](C)N(Cc1cccc(C)c1)C(=O)COc1cc(C)cc(C)c1C. The van der Waals surface area contributed by atoms with Crippen LogP contribution in [0, 0.1) is 27.7 Å². The summed E-state index contributed by atoms with van der Waals surface area (Å²) in [5.41, 5.74) is 5.31. The summed E-state index contributed by atoms with van der Waals surface area (Å²) in [7, 11) is 1.57. The molecule has 2 aromatic carbocycles. The van der Waals surface area contributed by atoms with Gasteiger partial charge in [0.1, 0.15) is 11.8 Å². The molecule has 0 bridgehead atoms. The average Bonchev–Trinajstić information content (AvgIpc) is 2.66. The fraction of sp³-hybridized carbons (Fsp3) is 0.391. The highest BCUT2D eigenvalue weighted by Crippen LogP contribution is 2.23. The third-order valence-corrected chi connectivity index (χ3v) is 4.96. The first kappa shape index (κ1) is 21.5. The van der Waals surface area contributed by atoms with Gasteiger partial charge >= 0.3 is 0 Å². The van der Waals surface area contributed by atoms with Crippen molar-refractivity contribution in [2.45, 2.75) is 47.2 Å².